The van der Waals surface area contributed by atoms with Gasteiger partial charge in [-0.15, -0.1) is 0 Å². The number of aliphatic hydroxyl groups is 1. The monoisotopic (exact) mass is 441 g/mol. The molecule has 0 saturated carbocycles. The summed E-state index contributed by atoms with van der Waals surface area (Å²) in [5, 5.41) is 13.3. The minimum atomic E-state index is -1.15. The molecule has 2 aromatic carbocycles. The Morgan fingerprint density at radius 3 is 2.55 bits per heavy atom. The van der Waals surface area contributed by atoms with E-state index in [-0.39, 0.29) is 11.8 Å². The molecule has 0 spiro atoms. The van der Waals surface area contributed by atoms with E-state index in [9.17, 15) is 14.3 Å². The van der Waals surface area contributed by atoms with E-state index in [2.05, 4.69) is 20.3 Å². The van der Waals surface area contributed by atoms with Gasteiger partial charge in [-0.2, -0.15) is 4.98 Å². The van der Waals surface area contributed by atoms with Crippen LogP contribution in [0.3, 0.4) is 0 Å². The van der Waals surface area contributed by atoms with Gasteiger partial charge in [-0.05, 0) is 63.2 Å². The molecule has 3 aromatic rings. The number of rotatable bonds is 5. The first kappa shape index (κ1) is 22.3. The molecule has 2 amide bonds. The van der Waals surface area contributed by atoms with E-state index in [0.29, 0.717) is 22.1 Å². The summed E-state index contributed by atoms with van der Waals surface area (Å²) in [5.74, 6) is -0.157. The normalized spacial score (nSPS) is 11.9. The highest BCUT2D eigenvalue weighted by Crippen LogP contribution is 2.27. The van der Waals surface area contributed by atoms with E-state index in [1.165, 1.54) is 41.4 Å². The van der Waals surface area contributed by atoms with Gasteiger partial charge in [-0.25, -0.2) is 24.1 Å². The lowest BCUT2D eigenvalue weighted by Crippen LogP contribution is -2.31. The molecule has 7 nitrogen and oxygen atoms in total. The molecule has 0 bridgehead atoms. The van der Waals surface area contributed by atoms with E-state index in [4.69, 9.17) is 11.6 Å². The zero-order valence-electron chi connectivity index (χ0n) is 17.2. The first-order valence-electron chi connectivity index (χ1n) is 9.37. The van der Waals surface area contributed by atoms with E-state index >= 15 is 0 Å². The predicted molar refractivity (Wildman–Crippen MR) is 120 cm³/mol. The number of nitrogens with one attached hydrogen (secondary N) is 1. The largest absolute Gasteiger partial charge is 0.385 e. The molecule has 0 fully saturated rings. The first-order chi connectivity index (χ1) is 14.6. The van der Waals surface area contributed by atoms with Crippen LogP contribution < -0.4 is 10.2 Å². The smallest absolute Gasteiger partial charge is 0.332 e. The predicted octanol–water partition coefficient (Wildman–Crippen LogP) is 5.50. The highest BCUT2D eigenvalue weighted by atomic mass is 35.5. The van der Waals surface area contributed by atoms with Gasteiger partial charge in [-0.3, -0.25) is 0 Å². The van der Waals surface area contributed by atoms with Gasteiger partial charge in [0.2, 0.25) is 0 Å². The summed E-state index contributed by atoms with van der Waals surface area (Å²) in [6.07, 6.45) is 1.45. The number of benzene rings is 2. The van der Waals surface area contributed by atoms with Crippen molar-refractivity contribution in [1.82, 2.24) is 9.97 Å². The minimum absolute atomic E-state index is 0.0693. The molecule has 0 radical (unpaired) electrons. The van der Waals surface area contributed by atoms with Crippen molar-refractivity contribution in [1.29, 1.82) is 0 Å². The van der Waals surface area contributed by atoms with Crippen molar-refractivity contribution in [3.63, 3.8) is 0 Å². The maximum Gasteiger partial charge on any atom is 0.332 e. The Kier molecular flexibility index (Phi) is 6.62. The summed E-state index contributed by atoms with van der Waals surface area (Å²) in [7, 11) is 0. The molecule has 1 aromatic heterocycles. The fourth-order valence-corrected chi connectivity index (χ4v) is 2.68. The Labute approximate surface area is 184 Å². The maximum atomic E-state index is 13.5. The lowest BCUT2D eigenvalue weighted by Gasteiger charge is -2.22. The lowest BCUT2D eigenvalue weighted by atomic mass is 10.1. The van der Waals surface area contributed by atoms with E-state index in [0.717, 1.165) is 0 Å². The molecule has 9 heteroatoms. The van der Waals surface area contributed by atoms with Crippen LogP contribution >= 0.6 is 11.6 Å². The van der Waals surface area contributed by atoms with Crippen molar-refractivity contribution in [3.8, 4) is 0 Å². The number of nitrogens with zero attached hydrogens (tertiary/aromatic N) is 4. The molecule has 2 N–H and O–H groups in total. The number of aliphatic imine (C=N–C) groups is 1. The molecule has 1 heterocycles. The van der Waals surface area contributed by atoms with Crippen LogP contribution in [0.5, 0.6) is 0 Å². The average molecular weight is 442 g/mol. The van der Waals surface area contributed by atoms with Crippen molar-refractivity contribution in [3.05, 3.63) is 71.6 Å². The van der Waals surface area contributed by atoms with Crippen LogP contribution in [0.15, 0.2) is 65.8 Å². The zero-order valence-corrected chi connectivity index (χ0v) is 17.9. The highest BCUT2D eigenvalue weighted by molar-refractivity contribution is 6.31. The molecule has 0 aliphatic carbocycles. The standard InChI is InChI=1S/C22H21ClFN5O2/c1-14(22(2,3)31)26-20-25-12-11-19(28-20)29(18-9-7-16(24)8-10-18)21(30)27-17-6-4-5-15(23)13-17/h4-13,31H,1-3H3,(H,27,30). The van der Waals surface area contributed by atoms with Gasteiger partial charge in [0.25, 0.3) is 5.95 Å². The highest BCUT2D eigenvalue weighted by Gasteiger charge is 2.22. The molecule has 0 aliphatic heterocycles. The van der Waals surface area contributed by atoms with Crippen molar-refractivity contribution < 1.29 is 14.3 Å². The van der Waals surface area contributed by atoms with Crippen LogP contribution in [-0.4, -0.2) is 32.4 Å². The van der Waals surface area contributed by atoms with Gasteiger partial charge in [0.1, 0.15) is 11.6 Å². The Hall–Kier alpha value is -3.36. The number of halogens is 2. The molecule has 0 saturated heterocycles. The molecule has 0 aliphatic rings. The number of hydrogen-bond acceptors (Lipinski definition) is 5. The Morgan fingerprint density at radius 2 is 1.90 bits per heavy atom. The van der Waals surface area contributed by atoms with Gasteiger partial charge in [-0.1, -0.05) is 17.7 Å². The number of aromatic nitrogens is 2. The third kappa shape index (κ3) is 5.84. The average Bonchev–Trinajstić information content (AvgIpc) is 2.69. The number of hydrogen-bond donors (Lipinski definition) is 2. The van der Waals surface area contributed by atoms with Crippen molar-refractivity contribution in [2.45, 2.75) is 26.4 Å². The van der Waals surface area contributed by atoms with E-state index in [1.54, 1.807) is 45.0 Å². The quantitative estimate of drug-likeness (QED) is 0.511. The van der Waals surface area contributed by atoms with Gasteiger partial charge in [0.15, 0.2) is 0 Å². The topological polar surface area (TPSA) is 90.7 Å². The van der Waals surface area contributed by atoms with Crippen LogP contribution in [-0.2, 0) is 0 Å². The zero-order chi connectivity index (χ0) is 22.6. The Bertz CT molecular complexity index is 1110. The second kappa shape index (κ2) is 9.20. The number of anilines is 3. The fraction of sp³-hybridized carbons (Fsp3) is 0.182. The SMILES string of the molecule is CC(=Nc1nccc(N(C(=O)Nc2cccc(Cl)c2)c2ccc(F)cc2)n1)C(C)(C)O. The molecular formula is C22H21ClFN5O2. The van der Waals surface area contributed by atoms with E-state index < -0.39 is 17.4 Å². The summed E-state index contributed by atoms with van der Waals surface area (Å²) in [6.45, 7) is 4.84. The van der Waals surface area contributed by atoms with Crippen molar-refractivity contribution in [2.75, 3.05) is 10.2 Å². The second-order valence-electron chi connectivity index (χ2n) is 7.22. The summed E-state index contributed by atoms with van der Waals surface area (Å²) < 4.78 is 13.5. The van der Waals surface area contributed by atoms with Gasteiger partial charge < -0.3 is 10.4 Å². The number of carbonyl (C=O) groups is 1. The third-order valence-electron chi connectivity index (χ3n) is 4.37. The summed E-state index contributed by atoms with van der Waals surface area (Å²) in [5.41, 5.74) is 0.116. The van der Waals surface area contributed by atoms with Crippen LogP contribution in [0.4, 0.5) is 32.3 Å². The fourth-order valence-electron chi connectivity index (χ4n) is 2.49. The maximum absolute atomic E-state index is 13.5. The molecule has 3 rings (SSSR count). The lowest BCUT2D eigenvalue weighted by molar-refractivity contribution is 0.153. The van der Waals surface area contributed by atoms with Crippen molar-refractivity contribution >= 4 is 46.5 Å². The summed E-state index contributed by atoms with van der Waals surface area (Å²) >= 11 is 6.00. The Balaban J connectivity index is 2.02. The third-order valence-corrected chi connectivity index (χ3v) is 4.61. The number of amides is 2. The minimum Gasteiger partial charge on any atom is -0.385 e. The van der Waals surface area contributed by atoms with Gasteiger partial charge >= 0.3 is 6.03 Å². The molecular weight excluding hydrogens is 421 g/mol. The number of urea groups is 1. The van der Waals surface area contributed by atoms with Crippen molar-refractivity contribution in [2.24, 2.45) is 4.99 Å². The van der Waals surface area contributed by atoms with Crippen LogP contribution in [0, 0.1) is 5.82 Å². The number of carbonyl (C=O) groups excluding carboxylic acids is 1. The van der Waals surface area contributed by atoms with Crippen LogP contribution in [0.25, 0.3) is 0 Å². The van der Waals surface area contributed by atoms with Gasteiger partial charge in [0.05, 0.1) is 11.3 Å². The van der Waals surface area contributed by atoms with Crippen LogP contribution in [0.1, 0.15) is 20.8 Å². The van der Waals surface area contributed by atoms with E-state index in [1.807, 2.05) is 0 Å². The van der Waals surface area contributed by atoms with Gasteiger partial charge in [0, 0.05) is 28.7 Å². The Morgan fingerprint density at radius 1 is 1.19 bits per heavy atom. The molecule has 0 unspecified atom stereocenters. The summed E-state index contributed by atoms with van der Waals surface area (Å²) in [4.78, 5) is 27.1. The molecule has 0 atom stereocenters. The first-order valence-corrected chi connectivity index (χ1v) is 9.75. The molecule has 31 heavy (non-hydrogen) atoms. The second-order valence-corrected chi connectivity index (χ2v) is 7.66. The molecule has 160 valence electrons. The van der Waals surface area contributed by atoms with Crippen LogP contribution in [0.2, 0.25) is 5.02 Å². The summed E-state index contributed by atoms with van der Waals surface area (Å²) in [6, 6.07) is 13.1.